The Morgan fingerprint density at radius 2 is 1.63 bits per heavy atom. The lowest BCUT2D eigenvalue weighted by atomic mass is 10.1. The number of nitrogens with zero attached hydrogens (tertiary/aromatic N) is 1. The normalized spacial score (nSPS) is 11.3. The summed E-state index contributed by atoms with van der Waals surface area (Å²) in [6, 6.07) is 12.5. The summed E-state index contributed by atoms with van der Waals surface area (Å²) in [6.07, 6.45) is 3.68. The SMILES string of the molecule is C=CCN(CC(=O)OS(C)(=O)=O)C(=O)/C(C)=C/c1ccc(C(=O)Oc2ccc(C(=N)N)cc2)cc1. The van der Waals surface area contributed by atoms with E-state index in [1.165, 1.54) is 37.3 Å². The molecule has 0 saturated carbocycles. The Morgan fingerprint density at radius 3 is 2.14 bits per heavy atom. The van der Waals surface area contributed by atoms with Gasteiger partial charge in [0, 0.05) is 17.7 Å². The lowest BCUT2D eigenvalue weighted by Gasteiger charge is -2.20. The molecule has 0 spiro atoms. The second-order valence-electron chi connectivity index (χ2n) is 7.41. The molecule has 184 valence electrons. The van der Waals surface area contributed by atoms with Crippen LogP contribution >= 0.6 is 0 Å². The predicted octanol–water partition coefficient (Wildman–Crippen LogP) is 2.11. The molecule has 35 heavy (non-hydrogen) atoms. The third-order valence-corrected chi connectivity index (χ3v) is 4.93. The van der Waals surface area contributed by atoms with Gasteiger partial charge in [-0.25, -0.2) is 9.59 Å². The molecule has 10 nitrogen and oxygen atoms in total. The molecular formula is C24H25N3O7S. The number of amides is 1. The maximum absolute atomic E-state index is 12.7. The van der Waals surface area contributed by atoms with Crippen LogP contribution in [0.25, 0.3) is 6.08 Å². The van der Waals surface area contributed by atoms with E-state index in [1.807, 2.05) is 0 Å². The Kier molecular flexibility index (Phi) is 9.06. The minimum absolute atomic E-state index is 0.00104. The van der Waals surface area contributed by atoms with Crippen LogP contribution in [0.15, 0.2) is 66.8 Å². The van der Waals surface area contributed by atoms with Gasteiger partial charge in [-0.3, -0.25) is 10.2 Å². The number of carbonyl (C=O) groups excluding carboxylic acids is 3. The molecule has 0 aliphatic rings. The lowest BCUT2D eigenvalue weighted by Crippen LogP contribution is -2.37. The summed E-state index contributed by atoms with van der Waals surface area (Å²) in [5.41, 5.74) is 7.05. The number of nitrogens with one attached hydrogen (secondary N) is 1. The van der Waals surface area contributed by atoms with E-state index >= 15 is 0 Å². The van der Waals surface area contributed by atoms with Crippen molar-refractivity contribution in [1.82, 2.24) is 4.90 Å². The monoisotopic (exact) mass is 499 g/mol. The molecule has 0 unspecified atom stereocenters. The number of benzene rings is 2. The van der Waals surface area contributed by atoms with Crippen LogP contribution in [-0.2, 0) is 23.9 Å². The first kappa shape index (κ1) is 27.0. The first-order valence-electron chi connectivity index (χ1n) is 10.2. The number of esters is 1. The van der Waals surface area contributed by atoms with Crippen LogP contribution in [0, 0.1) is 5.41 Å². The van der Waals surface area contributed by atoms with Crippen molar-refractivity contribution in [1.29, 1.82) is 5.41 Å². The van der Waals surface area contributed by atoms with Crippen molar-refractivity contribution in [3.8, 4) is 5.75 Å². The molecule has 1 amide bonds. The fourth-order valence-electron chi connectivity index (χ4n) is 2.87. The molecule has 0 saturated heterocycles. The van der Waals surface area contributed by atoms with Gasteiger partial charge in [0.1, 0.15) is 18.1 Å². The molecule has 0 bridgehead atoms. The third kappa shape index (κ3) is 8.55. The minimum atomic E-state index is -3.99. The maximum Gasteiger partial charge on any atom is 0.343 e. The highest BCUT2D eigenvalue weighted by Crippen LogP contribution is 2.16. The minimum Gasteiger partial charge on any atom is -0.423 e. The highest BCUT2D eigenvalue weighted by atomic mass is 32.2. The third-order valence-electron chi connectivity index (χ3n) is 4.44. The van der Waals surface area contributed by atoms with E-state index in [4.69, 9.17) is 15.9 Å². The van der Waals surface area contributed by atoms with Crippen molar-refractivity contribution >= 4 is 39.9 Å². The van der Waals surface area contributed by atoms with Gasteiger partial charge >= 0.3 is 22.1 Å². The van der Waals surface area contributed by atoms with E-state index in [2.05, 4.69) is 10.8 Å². The zero-order valence-electron chi connectivity index (χ0n) is 19.2. The van der Waals surface area contributed by atoms with Gasteiger partial charge in [0.2, 0.25) is 5.91 Å². The molecule has 0 radical (unpaired) electrons. The van der Waals surface area contributed by atoms with E-state index in [1.54, 1.807) is 30.3 Å². The van der Waals surface area contributed by atoms with Gasteiger partial charge in [-0.15, -0.1) is 6.58 Å². The lowest BCUT2D eigenvalue weighted by molar-refractivity contribution is -0.140. The van der Waals surface area contributed by atoms with Gasteiger partial charge in [0.05, 0.1) is 11.8 Å². The fraction of sp³-hybridized carbons (Fsp3) is 0.167. The van der Waals surface area contributed by atoms with Crippen molar-refractivity contribution in [2.75, 3.05) is 19.3 Å². The molecule has 0 fully saturated rings. The molecule has 2 aromatic carbocycles. The summed E-state index contributed by atoms with van der Waals surface area (Å²) in [5.74, 6) is -2.00. The standard InChI is InChI=1S/C24H25N3O7S/c1-4-13-27(15-21(28)34-35(3,31)32)23(29)16(2)14-17-5-7-19(8-6-17)24(30)33-20-11-9-18(10-12-20)22(25)26/h4-12,14H,1,13,15H2,2-3H3,(H3,25,26)/b16-14+. The largest absolute Gasteiger partial charge is 0.423 e. The summed E-state index contributed by atoms with van der Waals surface area (Å²) in [6.45, 7) is 4.50. The average Bonchev–Trinajstić information content (AvgIpc) is 2.77. The fourth-order valence-corrected chi connectivity index (χ4v) is 3.26. The van der Waals surface area contributed by atoms with Crippen LogP contribution in [-0.4, -0.2) is 56.3 Å². The second-order valence-corrected chi connectivity index (χ2v) is 8.99. The Bertz CT molecular complexity index is 1270. The van der Waals surface area contributed by atoms with E-state index < -0.39 is 34.5 Å². The van der Waals surface area contributed by atoms with Crippen molar-refractivity contribution < 1.29 is 31.7 Å². The molecule has 3 N–H and O–H groups in total. The number of nitrogens with two attached hydrogens (primary N) is 1. The van der Waals surface area contributed by atoms with Gasteiger partial charge in [-0.2, -0.15) is 8.42 Å². The smallest absolute Gasteiger partial charge is 0.343 e. The van der Waals surface area contributed by atoms with E-state index in [-0.39, 0.29) is 23.5 Å². The van der Waals surface area contributed by atoms with Gasteiger partial charge < -0.3 is 19.6 Å². The molecule has 0 heterocycles. The number of nitrogen functional groups attached to an aromatic ring is 1. The number of hydrogen-bond donors (Lipinski definition) is 2. The predicted molar refractivity (Wildman–Crippen MR) is 130 cm³/mol. The second kappa shape index (κ2) is 11.7. The summed E-state index contributed by atoms with van der Waals surface area (Å²) < 4.78 is 31.8. The van der Waals surface area contributed by atoms with Gasteiger partial charge in [0.15, 0.2) is 0 Å². The summed E-state index contributed by atoms with van der Waals surface area (Å²) >= 11 is 0. The molecule has 0 atom stereocenters. The number of carbonyl (C=O) groups is 3. The Hall–Kier alpha value is -4.25. The first-order chi connectivity index (χ1) is 16.4. The molecule has 0 aliphatic carbocycles. The zero-order chi connectivity index (χ0) is 26.2. The average molecular weight is 500 g/mol. The summed E-state index contributed by atoms with van der Waals surface area (Å²) in [5, 5.41) is 7.38. The van der Waals surface area contributed by atoms with Crippen LogP contribution in [0.4, 0.5) is 0 Å². The molecule has 0 aromatic heterocycles. The van der Waals surface area contributed by atoms with E-state index in [0.29, 0.717) is 16.9 Å². The maximum atomic E-state index is 12.7. The van der Waals surface area contributed by atoms with Crippen molar-refractivity contribution in [3.05, 3.63) is 83.4 Å². The highest BCUT2D eigenvalue weighted by molar-refractivity contribution is 7.86. The van der Waals surface area contributed by atoms with E-state index in [9.17, 15) is 22.8 Å². The van der Waals surface area contributed by atoms with Crippen molar-refractivity contribution in [2.24, 2.45) is 5.73 Å². The Morgan fingerprint density at radius 1 is 1.06 bits per heavy atom. The zero-order valence-corrected chi connectivity index (χ0v) is 20.0. The van der Waals surface area contributed by atoms with Crippen LogP contribution in [0.5, 0.6) is 5.75 Å². The molecular weight excluding hydrogens is 474 g/mol. The first-order valence-corrected chi connectivity index (χ1v) is 12.0. The van der Waals surface area contributed by atoms with Crippen LogP contribution < -0.4 is 10.5 Å². The number of amidine groups is 1. The molecule has 0 aliphatic heterocycles. The van der Waals surface area contributed by atoms with Gasteiger partial charge in [0.25, 0.3) is 0 Å². The van der Waals surface area contributed by atoms with Gasteiger partial charge in [-0.1, -0.05) is 18.2 Å². The Balaban J connectivity index is 2.08. The number of rotatable bonds is 10. The highest BCUT2D eigenvalue weighted by Gasteiger charge is 2.21. The van der Waals surface area contributed by atoms with Crippen LogP contribution in [0.1, 0.15) is 28.4 Å². The van der Waals surface area contributed by atoms with Crippen LogP contribution in [0.3, 0.4) is 0 Å². The Labute approximate surface area is 203 Å². The number of hydrogen-bond acceptors (Lipinski definition) is 8. The van der Waals surface area contributed by atoms with Crippen LogP contribution in [0.2, 0.25) is 0 Å². The number of ether oxygens (including phenoxy) is 1. The van der Waals surface area contributed by atoms with E-state index in [0.717, 1.165) is 11.2 Å². The molecule has 11 heteroatoms. The topological polar surface area (TPSA) is 157 Å². The van der Waals surface area contributed by atoms with Crippen molar-refractivity contribution in [3.63, 3.8) is 0 Å². The molecule has 2 rings (SSSR count). The summed E-state index contributed by atoms with van der Waals surface area (Å²) in [7, 11) is -3.99. The van der Waals surface area contributed by atoms with Gasteiger partial charge in [-0.05, 0) is 55.0 Å². The van der Waals surface area contributed by atoms with Crippen molar-refractivity contribution in [2.45, 2.75) is 6.92 Å². The quantitative estimate of drug-likeness (QED) is 0.0957. The summed E-state index contributed by atoms with van der Waals surface area (Å²) in [4.78, 5) is 38.0. The molecule has 2 aromatic rings.